The first kappa shape index (κ1) is 17.1. The summed E-state index contributed by atoms with van der Waals surface area (Å²) in [6.07, 6.45) is 10.8. The van der Waals surface area contributed by atoms with Gasteiger partial charge in [0.2, 0.25) is 0 Å². The molecule has 4 rings (SSSR count). The molecule has 3 aromatic heterocycles. The number of carbonyl (C=O) groups is 1. The van der Waals surface area contributed by atoms with Gasteiger partial charge in [0.15, 0.2) is 5.76 Å². The highest BCUT2D eigenvalue weighted by Gasteiger charge is 2.29. The second kappa shape index (κ2) is 7.91. The molecule has 0 saturated carbocycles. The minimum atomic E-state index is 0.0257. The summed E-state index contributed by atoms with van der Waals surface area (Å²) in [7, 11) is 0. The lowest BCUT2D eigenvalue weighted by Gasteiger charge is -2.35. The van der Waals surface area contributed by atoms with Crippen molar-refractivity contribution in [2.45, 2.75) is 44.7 Å². The van der Waals surface area contributed by atoms with Gasteiger partial charge in [-0.25, -0.2) is 4.98 Å². The molecule has 4 heterocycles. The van der Waals surface area contributed by atoms with Gasteiger partial charge in [0.05, 0.1) is 12.9 Å². The van der Waals surface area contributed by atoms with Crippen LogP contribution in [0.5, 0.6) is 0 Å². The Morgan fingerprint density at radius 2 is 2.27 bits per heavy atom. The topological polar surface area (TPSA) is 51.3 Å². The summed E-state index contributed by atoms with van der Waals surface area (Å²) in [5.41, 5.74) is 0. The predicted molar refractivity (Wildman–Crippen MR) is 101 cm³/mol. The number of rotatable bonds is 6. The molecule has 0 aromatic carbocycles. The maximum atomic E-state index is 13.0. The Morgan fingerprint density at radius 3 is 3.08 bits per heavy atom. The Kier molecular flexibility index (Phi) is 5.20. The third-order valence-corrected chi connectivity index (χ3v) is 5.90. The Morgan fingerprint density at radius 1 is 1.31 bits per heavy atom. The molecule has 6 heteroatoms. The fraction of sp³-hybridized carbons (Fsp3) is 0.400. The molecule has 26 heavy (non-hydrogen) atoms. The van der Waals surface area contributed by atoms with Crippen molar-refractivity contribution >= 4 is 17.2 Å². The van der Waals surface area contributed by atoms with Crippen LogP contribution in [0.2, 0.25) is 0 Å². The number of amides is 1. The minimum absolute atomic E-state index is 0.0257. The molecule has 1 fully saturated rings. The monoisotopic (exact) mass is 369 g/mol. The standard InChI is InChI=1S/C20H23N3O2S/c24-20(19-9-7-17(25-19)14-22-12-10-21-15-22)23-11-2-1-4-16(23)6-8-18-5-3-13-26-18/h3,5,7,9-10,12-13,15-16H,1-2,4,6,8,11,14H2. The van der Waals surface area contributed by atoms with Crippen LogP contribution in [0.1, 0.15) is 46.9 Å². The van der Waals surface area contributed by atoms with Crippen molar-refractivity contribution < 1.29 is 9.21 Å². The van der Waals surface area contributed by atoms with Crippen molar-refractivity contribution in [1.82, 2.24) is 14.5 Å². The van der Waals surface area contributed by atoms with E-state index in [0.717, 1.165) is 38.0 Å². The van der Waals surface area contributed by atoms with E-state index in [9.17, 15) is 4.79 Å². The fourth-order valence-corrected chi connectivity index (χ4v) is 4.34. The molecule has 0 spiro atoms. The number of carbonyl (C=O) groups excluding carboxylic acids is 1. The van der Waals surface area contributed by atoms with Crippen molar-refractivity contribution in [2.24, 2.45) is 0 Å². The summed E-state index contributed by atoms with van der Waals surface area (Å²) in [5.74, 6) is 1.25. The summed E-state index contributed by atoms with van der Waals surface area (Å²) in [5, 5.41) is 2.11. The number of thiophene rings is 1. The normalized spacial score (nSPS) is 17.5. The average Bonchev–Trinajstić information content (AvgIpc) is 3.43. The van der Waals surface area contributed by atoms with Crippen molar-refractivity contribution in [1.29, 1.82) is 0 Å². The predicted octanol–water partition coefficient (Wildman–Crippen LogP) is 4.21. The number of nitrogens with zero attached hydrogens (tertiary/aromatic N) is 3. The molecule has 1 atom stereocenters. The Balaban J connectivity index is 1.42. The number of imidazole rings is 1. The molecule has 0 aliphatic carbocycles. The first-order chi connectivity index (χ1) is 12.8. The van der Waals surface area contributed by atoms with Crippen LogP contribution in [0.3, 0.4) is 0 Å². The summed E-state index contributed by atoms with van der Waals surface area (Å²) in [6, 6.07) is 8.26. The van der Waals surface area contributed by atoms with Gasteiger partial charge in [0.1, 0.15) is 5.76 Å². The van der Waals surface area contributed by atoms with Crippen LogP contribution in [0, 0.1) is 0 Å². The lowest BCUT2D eigenvalue weighted by molar-refractivity contribution is 0.0568. The number of hydrogen-bond acceptors (Lipinski definition) is 4. The highest BCUT2D eigenvalue weighted by Crippen LogP contribution is 2.25. The summed E-state index contributed by atoms with van der Waals surface area (Å²) in [4.78, 5) is 20.5. The van der Waals surface area contributed by atoms with E-state index < -0.39 is 0 Å². The second-order valence-corrected chi connectivity index (χ2v) is 7.80. The Hall–Kier alpha value is -2.34. The van der Waals surface area contributed by atoms with Crippen LogP contribution in [-0.4, -0.2) is 32.9 Å². The van der Waals surface area contributed by atoms with Gasteiger partial charge in [-0.15, -0.1) is 11.3 Å². The maximum absolute atomic E-state index is 13.0. The van der Waals surface area contributed by atoms with Crippen molar-refractivity contribution in [3.63, 3.8) is 0 Å². The molecule has 1 amide bonds. The number of piperidine rings is 1. The fourth-order valence-electron chi connectivity index (χ4n) is 3.61. The first-order valence-electron chi connectivity index (χ1n) is 9.17. The highest BCUT2D eigenvalue weighted by atomic mass is 32.1. The molecule has 1 aliphatic rings. The van der Waals surface area contributed by atoms with Crippen LogP contribution in [-0.2, 0) is 13.0 Å². The van der Waals surface area contributed by atoms with E-state index in [0.29, 0.717) is 18.3 Å². The van der Waals surface area contributed by atoms with E-state index in [1.807, 2.05) is 21.7 Å². The molecule has 1 aliphatic heterocycles. The number of aromatic nitrogens is 2. The van der Waals surface area contributed by atoms with Crippen LogP contribution < -0.4 is 0 Å². The third-order valence-electron chi connectivity index (χ3n) is 4.96. The van der Waals surface area contributed by atoms with E-state index in [1.54, 1.807) is 29.9 Å². The highest BCUT2D eigenvalue weighted by molar-refractivity contribution is 7.09. The van der Waals surface area contributed by atoms with E-state index in [2.05, 4.69) is 22.5 Å². The molecule has 5 nitrogen and oxygen atoms in total. The smallest absolute Gasteiger partial charge is 0.289 e. The number of aryl methyl sites for hydroxylation is 1. The van der Waals surface area contributed by atoms with E-state index in [1.165, 1.54) is 11.3 Å². The largest absolute Gasteiger partial charge is 0.454 e. The molecule has 136 valence electrons. The van der Waals surface area contributed by atoms with Crippen molar-refractivity contribution in [3.8, 4) is 0 Å². The van der Waals surface area contributed by atoms with Crippen LogP contribution in [0.15, 0.2) is 52.8 Å². The van der Waals surface area contributed by atoms with Gasteiger partial charge in [0.25, 0.3) is 5.91 Å². The Bertz CT molecular complexity index is 823. The van der Waals surface area contributed by atoms with Gasteiger partial charge in [-0.05, 0) is 55.7 Å². The van der Waals surface area contributed by atoms with E-state index >= 15 is 0 Å². The minimum Gasteiger partial charge on any atom is -0.454 e. The van der Waals surface area contributed by atoms with Gasteiger partial charge >= 0.3 is 0 Å². The first-order valence-corrected chi connectivity index (χ1v) is 10.1. The lowest BCUT2D eigenvalue weighted by atomic mass is 9.97. The van der Waals surface area contributed by atoms with E-state index in [4.69, 9.17) is 4.42 Å². The average molecular weight is 369 g/mol. The third kappa shape index (κ3) is 3.90. The van der Waals surface area contributed by atoms with Gasteiger partial charge in [0, 0.05) is 29.9 Å². The molecule has 1 unspecified atom stereocenters. The van der Waals surface area contributed by atoms with Crippen LogP contribution >= 0.6 is 11.3 Å². The van der Waals surface area contributed by atoms with Gasteiger partial charge in [-0.1, -0.05) is 6.07 Å². The molecule has 0 N–H and O–H groups in total. The van der Waals surface area contributed by atoms with E-state index in [-0.39, 0.29) is 5.91 Å². The zero-order valence-corrected chi connectivity index (χ0v) is 15.5. The molecule has 3 aromatic rings. The second-order valence-electron chi connectivity index (χ2n) is 6.77. The van der Waals surface area contributed by atoms with Gasteiger partial charge in [-0.2, -0.15) is 0 Å². The Labute approximate surface area is 157 Å². The summed E-state index contributed by atoms with van der Waals surface area (Å²) >= 11 is 1.79. The van der Waals surface area contributed by atoms with Crippen LogP contribution in [0.4, 0.5) is 0 Å². The zero-order chi connectivity index (χ0) is 17.8. The van der Waals surface area contributed by atoms with Crippen molar-refractivity contribution in [2.75, 3.05) is 6.54 Å². The molecule has 0 bridgehead atoms. The zero-order valence-electron chi connectivity index (χ0n) is 14.7. The SMILES string of the molecule is O=C(c1ccc(Cn2ccnc2)o1)N1CCCCC1CCc1cccs1. The van der Waals surface area contributed by atoms with Gasteiger partial charge < -0.3 is 13.9 Å². The van der Waals surface area contributed by atoms with Gasteiger partial charge in [-0.3, -0.25) is 4.79 Å². The van der Waals surface area contributed by atoms with Crippen LogP contribution in [0.25, 0.3) is 0 Å². The molecule has 0 radical (unpaired) electrons. The number of likely N-dealkylation sites (tertiary alicyclic amines) is 1. The quantitative estimate of drug-likeness (QED) is 0.654. The maximum Gasteiger partial charge on any atom is 0.289 e. The molecular weight excluding hydrogens is 346 g/mol. The summed E-state index contributed by atoms with van der Waals surface area (Å²) in [6.45, 7) is 1.42. The summed E-state index contributed by atoms with van der Waals surface area (Å²) < 4.78 is 7.76. The molecule has 1 saturated heterocycles. The number of hydrogen-bond donors (Lipinski definition) is 0. The lowest BCUT2D eigenvalue weighted by Crippen LogP contribution is -2.43. The van der Waals surface area contributed by atoms with Crippen molar-refractivity contribution in [3.05, 3.63) is 64.8 Å². The number of furan rings is 1. The molecular formula is C20H23N3O2S.